The molecule has 158 valence electrons. The van der Waals surface area contributed by atoms with Crippen molar-refractivity contribution in [1.82, 2.24) is 5.32 Å². The van der Waals surface area contributed by atoms with Gasteiger partial charge in [-0.15, -0.1) is 17.3 Å². The molecule has 3 rings (SSSR count). The number of thiophene rings is 1. The van der Waals surface area contributed by atoms with Crippen LogP contribution < -0.4 is 5.32 Å². The number of hydrogen-bond donors (Lipinski definition) is 2. The fourth-order valence-electron chi connectivity index (χ4n) is 3.41. The smallest absolute Gasteiger partial charge is 0.165 e. The maximum absolute atomic E-state index is 12.8. The van der Waals surface area contributed by atoms with Crippen molar-refractivity contribution in [1.29, 1.82) is 5.41 Å². The van der Waals surface area contributed by atoms with Gasteiger partial charge in [-0.1, -0.05) is 24.1 Å². The molecule has 2 N–H and O–H groups in total. The molecular weight excluding hydrogens is 436 g/mol. The highest BCUT2D eigenvalue weighted by Crippen LogP contribution is 2.38. The van der Waals surface area contributed by atoms with E-state index in [-0.39, 0.29) is 11.6 Å². The maximum atomic E-state index is 12.8. The molecule has 0 bridgehead atoms. The van der Waals surface area contributed by atoms with Gasteiger partial charge in [0.2, 0.25) is 0 Å². The topological polar surface area (TPSA) is 70.0 Å². The van der Waals surface area contributed by atoms with E-state index in [1.54, 1.807) is 18.3 Å². The third kappa shape index (κ3) is 3.71. The second-order valence-electron chi connectivity index (χ2n) is 8.25. The number of nitrogens with one attached hydrogen (secondary N) is 2. The summed E-state index contributed by atoms with van der Waals surface area (Å²) in [7, 11) is -3.55. The lowest BCUT2D eigenvalue weighted by molar-refractivity contribution is 0.487. The molecule has 0 saturated carbocycles. The summed E-state index contributed by atoms with van der Waals surface area (Å²) in [5.41, 5.74) is 1.45. The van der Waals surface area contributed by atoms with E-state index in [1.807, 2.05) is 32.1 Å². The first kappa shape index (κ1) is 22.6. The Labute approximate surface area is 187 Å². The highest BCUT2D eigenvalue weighted by atomic mass is 35.5. The molecule has 4 nitrogen and oxygen atoms in total. The molecule has 1 aliphatic rings. The SMILES string of the molecule is C=C(/C(Cl)=C\c1sc2ccc(C#CC)cc2c1C)[C@]1(C)CS(=O)(=O)C(C)(C)C(=N)N1. The predicted octanol–water partition coefficient (Wildman–Crippen LogP) is 5.25. The normalized spacial score (nSPS) is 22.9. The van der Waals surface area contributed by atoms with Crippen molar-refractivity contribution in [2.45, 2.75) is 44.9 Å². The Balaban J connectivity index is 1.99. The van der Waals surface area contributed by atoms with Crippen molar-refractivity contribution in [2.24, 2.45) is 0 Å². The Morgan fingerprint density at radius 1 is 1.37 bits per heavy atom. The van der Waals surface area contributed by atoms with Crippen molar-refractivity contribution in [3.8, 4) is 11.8 Å². The fraction of sp³-hybridized carbons (Fsp3) is 0.348. The monoisotopic (exact) mass is 460 g/mol. The van der Waals surface area contributed by atoms with Gasteiger partial charge in [0.1, 0.15) is 10.6 Å². The minimum atomic E-state index is -3.55. The Morgan fingerprint density at radius 3 is 2.63 bits per heavy atom. The van der Waals surface area contributed by atoms with Gasteiger partial charge in [0.25, 0.3) is 0 Å². The Morgan fingerprint density at radius 2 is 2.03 bits per heavy atom. The molecule has 1 aromatic carbocycles. The summed E-state index contributed by atoms with van der Waals surface area (Å²) in [5, 5.41) is 12.7. The molecule has 1 aliphatic heterocycles. The molecule has 7 heteroatoms. The lowest BCUT2D eigenvalue weighted by atomic mass is 9.92. The van der Waals surface area contributed by atoms with Gasteiger partial charge in [-0.25, -0.2) is 8.42 Å². The summed E-state index contributed by atoms with van der Waals surface area (Å²) in [6.45, 7) is 12.7. The molecule has 0 unspecified atom stereocenters. The van der Waals surface area contributed by atoms with E-state index < -0.39 is 20.1 Å². The molecule has 1 aromatic heterocycles. The number of rotatable bonds is 3. The first-order chi connectivity index (χ1) is 13.8. The van der Waals surface area contributed by atoms with Gasteiger partial charge in [0, 0.05) is 20.2 Å². The highest BCUT2D eigenvalue weighted by Gasteiger charge is 2.51. The molecule has 1 atom stereocenters. The van der Waals surface area contributed by atoms with Crippen LogP contribution in [0, 0.1) is 24.2 Å². The summed E-state index contributed by atoms with van der Waals surface area (Å²) in [6.07, 6.45) is 1.83. The van der Waals surface area contributed by atoms with Crippen LogP contribution in [0.3, 0.4) is 0 Å². The van der Waals surface area contributed by atoms with E-state index in [0.29, 0.717) is 10.6 Å². The van der Waals surface area contributed by atoms with Crippen LogP contribution in [0.25, 0.3) is 16.2 Å². The van der Waals surface area contributed by atoms with E-state index in [4.69, 9.17) is 17.0 Å². The van der Waals surface area contributed by atoms with E-state index >= 15 is 0 Å². The number of fused-ring (bicyclic) bond motifs is 1. The van der Waals surface area contributed by atoms with Gasteiger partial charge in [-0.3, -0.25) is 5.41 Å². The van der Waals surface area contributed by atoms with Gasteiger partial charge >= 0.3 is 0 Å². The molecule has 1 fully saturated rings. The van der Waals surface area contributed by atoms with Crippen LogP contribution in [0.5, 0.6) is 0 Å². The average Bonchev–Trinajstić information content (AvgIpc) is 2.95. The van der Waals surface area contributed by atoms with Crippen LogP contribution in [0.1, 0.15) is 43.7 Å². The molecule has 2 heterocycles. The molecule has 2 aromatic rings. The molecule has 1 saturated heterocycles. The minimum absolute atomic E-state index is 0.0514. The number of sulfone groups is 1. The third-order valence-electron chi connectivity index (χ3n) is 5.71. The second-order valence-corrected chi connectivity index (χ2v) is 12.3. The standard InChI is InChI=1S/C23H25ClN2O2S2/c1-7-8-16-9-10-19-17(11-16)14(2)20(29-19)12-18(24)15(3)23(6)13-30(27,28)22(4,5)21(25)26-23/h9-12H,3,13H2,1-2,4-6H3,(H2,25,26)/b18-12+/t23-/m0/s1. The van der Waals surface area contributed by atoms with Gasteiger partial charge in [-0.05, 0) is 75.4 Å². The Kier molecular flexibility index (Phi) is 5.70. The first-order valence-corrected chi connectivity index (χ1v) is 12.3. The summed E-state index contributed by atoms with van der Waals surface area (Å²) in [5.74, 6) is 5.76. The zero-order valence-corrected chi connectivity index (χ0v) is 20.1. The predicted molar refractivity (Wildman–Crippen MR) is 129 cm³/mol. The van der Waals surface area contributed by atoms with Crippen LogP contribution >= 0.6 is 22.9 Å². The summed E-state index contributed by atoms with van der Waals surface area (Å²) in [4.78, 5) is 0.982. The van der Waals surface area contributed by atoms with Crippen LogP contribution in [0.2, 0.25) is 0 Å². The maximum Gasteiger partial charge on any atom is 0.165 e. The molecular formula is C23H25ClN2O2S2. The van der Waals surface area contributed by atoms with Gasteiger partial charge < -0.3 is 5.32 Å². The van der Waals surface area contributed by atoms with E-state index in [2.05, 4.69) is 29.8 Å². The Bertz CT molecular complexity index is 1270. The van der Waals surface area contributed by atoms with Crippen molar-refractivity contribution in [3.63, 3.8) is 0 Å². The van der Waals surface area contributed by atoms with Crippen LogP contribution in [0.4, 0.5) is 0 Å². The number of hydrogen-bond acceptors (Lipinski definition) is 4. The van der Waals surface area contributed by atoms with Crippen molar-refractivity contribution in [2.75, 3.05) is 5.75 Å². The van der Waals surface area contributed by atoms with Crippen LogP contribution in [0.15, 0.2) is 35.4 Å². The molecule has 0 radical (unpaired) electrons. The van der Waals surface area contributed by atoms with Crippen LogP contribution in [-0.2, 0) is 9.84 Å². The molecule has 0 aliphatic carbocycles. The fourth-order valence-corrected chi connectivity index (χ4v) is 6.65. The first-order valence-electron chi connectivity index (χ1n) is 9.45. The van der Waals surface area contributed by atoms with Gasteiger partial charge in [0.05, 0.1) is 11.3 Å². The number of aryl methyl sites for hydroxylation is 1. The van der Waals surface area contributed by atoms with Crippen molar-refractivity contribution >= 4 is 54.8 Å². The summed E-state index contributed by atoms with van der Waals surface area (Å²) < 4.78 is 25.4. The van der Waals surface area contributed by atoms with Crippen molar-refractivity contribution in [3.05, 3.63) is 51.4 Å². The number of benzene rings is 1. The van der Waals surface area contributed by atoms with E-state index in [0.717, 1.165) is 26.1 Å². The quantitative estimate of drug-likeness (QED) is 0.485. The third-order valence-corrected chi connectivity index (χ3v) is 9.99. The van der Waals surface area contributed by atoms with Crippen molar-refractivity contribution < 1.29 is 8.42 Å². The van der Waals surface area contributed by atoms with E-state index in [1.165, 1.54) is 13.8 Å². The minimum Gasteiger partial charge on any atom is -0.362 e. The lowest BCUT2D eigenvalue weighted by Crippen LogP contribution is -2.66. The largest absolute Gasteiger partial charge is 0.362 e. The van der Waals surface area contributed by atoms with Gasteiger partial charge in [-0.2, -0.15) is 0 Å². The zero-order valence-electron chi connectivity index (χ0n) is 17.7. The highest BCUT2D eigenvalue weighted by molar-refractivity contribution is 7.93. The summed E-state index contributed by atoms with van der Waals surface area (Å²) in [6, 6.07) is 6.11. The second kappa shape index (κ2) is 7.56. The number of amidine groups is 1. The Hall–Kier alpha value is -2.07. The van der Waals surface area contributed by atoms with Gasteiger partial charge in [0.15, 0.2) is 9.84 Å². The molecule has 0 amide bonds. The summed E-state index contributed by atoms with van der Waals surface area (Å²) >= 11 is 8.23. The van der Waals surface area contributed by atoms with Crippen LogP contribution in [-0.4, -0.2) is 30.3 Å². The van der Waals surface area contributed by atoms with E-state index in [9.17, 15) is 8.42 Å². The molecule has 30 heavy (non-hydrogen) atoms. The lowest BCUT2D eigenvalue weighted by Gasteiger charge is -2.43. The molecule has 0 spiro atoms. The number of halogens is 1. The zero-order chi connectivity index (χ0) is 22.5. The average molecular weight is 461 g/mol.